The Balaban J connectivity index is 2.18. The predicted molar refractivity (Wildman–Crippen MR) is 48.1 cm³/mol. The van der Waals surface area contributed by atoms with Crippen LogP contribution in [0.25, 0.3) is 0 Å². The fourth-order valence-electron chi connectivity index (χ4n) is 4.67. The van der Waals surface area contributed by atoms with Crippen molar-refractivity contribution >= 4 is 5.97 Å². The van der Waals surface area contributed by atoms with E-state index in [-0.39, 0.29) is 10.8 Å². The highest BCUT2D eigenvalue weighted by atomic mass is 16.4. The minimum Gasteiger partial charge on any atom is -0.544 e. The van der Waals surface area contributed by atoms with Crippen molar-refractivity contribution in [3.8, 4) is 0 Å². The standard InChI is InChI=1S/C11H17NO2/c1-9-6-12-11(8(13)14)5-7(9)3-4-10(9,11)2/h7,12H,3-6H2,1-2H3,(H,13,14)/t7-,9+,10-,11+/m1/s1. The van der Waals surface area contributed by atoms with Crippen molar-refractivity contribution < 1.29 is 15.2 Å². The van der Waals surface area contributed by atoms with Gasteiger partial charge in [0, 0.05) is 17.3 Å². The first-order valence-electron chi connectivity index (χ1n) is 5.52. The Morgan fingerprint density at radius 1 is 1.50 bits per heavy atom. The lowest BCUT2D eigenvalue weighted by Crippen LogP contribution is -3.00. The molecule has 1 aliphatic heterocycles. The molecule has 0 aromatic carbocycles. The van der Waals surface area contributed by atoms with E-state index in [0.29, 0.717) is 5.92 Å². The van der Waals surface area contributed by atoms with Crippen molar-refractivity contribution in [1.82, 2.24) is 0 Å². The summed E-state index contributed by atoms with van der Waals surface area (Å²) >= 11 is 0. The number of piperidine rings is 1. The molecule has 1 saturated heterocycles. The van der Waals surface area contributed by atoms with E-state index in [0.717, 1.165) is 19.4 Å². The number of carboxylic acids is 1. The molecule has 0 unspecified atom stereocenters. The van der Waals surface area contributed by atoms with E-state index in [9.17, 15) is 9.90 Å². The van der Waals surface area contributed by atoms with Crippen LogP contribution in [0, 0.1) is 16.7 Å². The average Bonchev–Trinajstić information content (AvgIpc) is 2.58. The van der Waals surface area contributed by atoms with Crippen molar-refractivity contribution in [2.24, 2.45) is 16.7 Å². The summed E-state index contributed by atoms with van der Waals surface area (Å²) in [6.45, 7) is 5.42. The van der Waals surface area contributed by atoms with Gasteiger partial charge in [0.15, 0.2) is 0 Å². The van der Waals surface area contributed by atoms with E-state index in [1.54, 1.807) is 0 Å². The highest BCUT2D eigenvalue weighted by Crippen LogP contribution is 2.70. The quantitative estimate of drug-likeness (QED) is 0.576. The van der Waals surface area contributed by atoms with Crippen LogP contribution in [0.15, 0.2) is 0 Å². The maximum Gasteiger partial charge on any atom is 0.143 e. The highest BCUT2D eigenvalue weighted by Gasteiger charge is 2.78. The second-order valence-corrected chi connectivity index (χ2v) is 5.86. The molecule has 3 rings (SSSR count). The first-order chi connectivity index (χ1) is 6.46. The number of nitrogens with two attached hydrogens (primary N) is 1. The van der Waals surface area contributed by atoms with Gasteiger partial charge in [0.2, 0.25) is 0 Å². The van der Waals surface area contributed by atoms with Crippen LogP contribution in [-0.2, 0) is 4.79 Å². The molecule has 3 aliphatic rings. The largest absolute Gasteiger partial charge is 0.544 e. The fraction of sp³-hybridized carbons (Fsp3) is 0.909. The molecule has 14 heavy (non-hydrogen) atoms. The summed E-state index contributed by atoms with van der Waals surface area (Å²) in [5.41, 5.74) is -0.374. The summed E-state index contributed by atoms with van der Waals surface area (Å²) in [6, 6.07) is 0. The summed E-state index contributed by atoms with van der Waals surface area (Å²) in [4.78, 5) is 11.4. The third-order valence-corrected chi connectivity index (χ3v) is 5.95. The van der Waals surface area contributed by atoms with Crippen LogP contribution in [0.1, 0.15) is 33.1 Å². The van der Waals surface area contributed by atoms with Crippen LogP contribution in [-0.4, -0.2) is 18.1 Å². The second-order valence-electron chi connectivity index (χ2n) is 5.86. The van der Waals surface area contributed by atoms with Gasteiger partial charge in [0.1, 0.15) is 11.5 Å². The Bertz CT molecular complexity index is 329. The molecule has 4 bridgehead atoms. The van der Waals surface area contributed by atoms with E-state index >= 15 is 0 Å². The maximum atomic E-state index is 11.4. The summed E-state index contributed by atoms with van der Waals surface area (Å²) in [6.07, 6.45) is 3.12. The number of carboxylic acid groups (broad SMARTS) is 1. The number of carbonyl (C=O) groups is 1. The maximum absolute atomic E-state index is 11.4. The smallest absolute Gasteiger partial charge is 0.143 e. The Morgan fingerprint density at radius 2 is 2.21 bits per heavy atom. The zero-order valence-electron chi connectivity index (χ0n) is 8.80. The summed E-state index contributed by atoms with van der Waals surface area (Å²) < 4.78 is 0. The summed E-state index contributed by atoms with van der Waals surface area (Å²) in [7, 11) is 0. The van der Waals surface area contributed by atoms with Gasteiger partial charge in [-0.05, 0) is 18.8 Å². The second kappa shape index (κ2) is 2.01. The van der Waals surface area contributed by atoms with Crippen LogP contribution in [0.2, 0.25) is 0 Å². The van der Waals surface area contributed by atoms with Crippen LogP contribution < -0.4 is 10.4 Å². The molecule has 3 fully saturated rings. The lowest BCUT2D eigenvalue weighted by molar-refractivity contribution is -0.719. The van der Waals surface area contributed by atoms with Gasteiger partial charge in [-0.3, -0.25) is 0 Å². The molecule has 2 aliphatic carbocycles. The van der Waals surface area contributed by atoms with E-state index in [1.165, 1.54) is 6.42 Å². The highest BCUT2D eigenvalue weighted by molar-refractivity contribution is 5.78. The van der Waals surface area contributed by atoms with Gasteiger partial charge in [-0.1, -0.05) is 13.8 Å². The molecule has 2 N–H and O–H groups in total. The molecular formula is C11H17NO2. The zero-order chi connectivity index (χ0) is 10.2. The molecule has 3 nitrogen and oxygen atoms in total. The molecule has 0 aromatic rings. The SMILES string of the molecule is C[C@]12CC[C@@H]3C[C@@]1(C(=O)[O-])[NH2+]C[C@@]32C. The molecule has 78 valence electrons. The monoisotopic (exact) mass is 195 g/mol. The summed E-state index contributed by atoms with van der Waals surface area (Å²) in [5, 5.41) is 13.4. The number of rotatable bonds is 1. The molecular weight excluding hydrogens is 178 g/mol. The fourth-order valence-corrected chi connectivity index (χ4v) is 4.67. The normalized spacial score (nSPS) is 59.4. The Hall–Kier alpha value is -0.570. The van der Waals surface area contributed by atoms with Gasteiger partial charge >= 0.3 is 0 Å². The number of aliphatic carboxylic acids is 1. The van der Waals surface area contributed by atoms with E-state index < -0.39 is 11.5 Å². The molecule has 0 aromatic heterocycles. The van der Waals surface area contributed by atoms with Crippen molar-refractivity contribution in [1.29, 1.82) is 0 Å². The zero-order valence-corrected chi connectivity index (χ0v) is 8.80. The van der Waals surface area contributed by atoms with Crippen molar-refractivity contribution in [3.63, 3.8) is 0 Å². The molecule has 0 amide bonds. The first-order valence-corrected chi connectivity index (χ1v) is 5.52. The Labute approximate surface area is 83.9 Å². The predicted octanol–water partition coefficient (Wildman–Crippen LogP) is -1.12. The topological polar surface area (TPSA) is 56.7 Å². The van der Waals surface area contributed by atoms with Gasteiger partial charge in [0.05, 0.1) is 6.54 Å². The van der Waals surface area contributed by atoms with Crippen molar-refractivity contribution in [3.05, 3.63) is 0 Å². The van der Waals surface area contributed by atoms with Gasteiger partial charge < -0.3 is 15.2 Å². The van der Waals surface area contributed by atoms with Crippen molar-refractivity contribution in [2.45, 2.75) is 38.6 Å². The van der Waals surface area contributed by atoms with E-state index in [2.05, 4.69) is 13.8 Å². The van der Waals surface area contributed by atoms with Gasteiger partial charge in [0.25, 0.3) is 0 Å². The molecule has 4 atom stereocenters. The van der Waals surface area contributed by atoms with Crippen LogP contribution in [0.5, 0.6) is 0 Å². The van der Waals surface area contributed by atoms with Gasteiger partial charge in [-0.15, -0.1) is 0 Å². The van der Waals surface area contributed by atoms with Crippen LogP contribution >= 0.6 is 0 Å². The lowest BCUT2D eigenvalue weighted by Gasteiger charge is -2.39. The molecule has 0 spiro atoms. The van der Waals surface area contributed by atoms with E-state index in [1.807, 2.05) is 5.32 Å². The Kier molecular flexibility index (Phi) is 1.25. The van der Waals surface area contributed by atoms with Gasteiger partial charge in [-0.2, -0.15) is 0 Å². The molecule has 0 radical (unpaired) electrons. The number of hydrogen-bond donors (Lipinski definition) is 1. The molecule has 3 heteroatoms. The number of carbonyl (C=O) groups excluding carboxylic acids is 1. The first kappa shape index (κ1) is 8.72. The lowest BCUT2D eigenvalue weighted by atomic mass is 9.66. The van der Waals surface area contributed by atoms with Crippen LogP contribution in [0.3, 0.4) is 0 Å². The van der Waals surface area contributed by atoms with Gasteiger partial charge in [-0.25, -0.2) is 0 Å². The summed E-state index contributed by atoms with van der Waals surface area (Å²) in [5.74, 6) is -0.207. The third-order valence-electron chi connectivity index (χ3n) is 5.95. The minimum atomic E-state index is -0.828. The number of hydrogen-bond acceptors (Lipinski definition) is 2. The van der Waals surface area contributed by atoms with Crippen LogP contribution in [0.4, 0.5) is 0 Å². The molecule has 2 saturated carbocycles. The third kappa shape index (κ3) is 0.553. The Morgan fingerprint density at radius 3 is 2.64 bits per heavy atom. The molecule has 1 heterocycles. The average molecular weight is 195 g/mol. The van der Waals surface area contributed by atoms with E-state index in [4.69, 9.17) is 0 Å². The van der Waals surface area contributed by atoms with Crippen molar-refractivity contribution in [2.75, 3.05) is 6.54 Å². The minimum absolute atomic E-state index is 0.0243. The number of quaternary nitrogens is 1.